The van der Waals surface area contributed by atoms with Crippen LogP contribution < -0.4 is 4.74 Å². The number of hydrogen-bond donors (Lipinski definition) is 2. The van der Waals surface area contributed by atoms with Crippen molar-refractivity contribution in [1.82, 2.24) is 4.90 Å². The van der Waals surface area contributed by atoms with E-state index in [4.69, 9.17) is 21.7 Å². The first kappa shape index (κ1) is 23.2. The predicted molar refractivity (Wildman–Crippen MR) is 146 cm³/mol. The van der Waals surface area contributed by atoms with Crippen LogP contribution in [0.25, 0.3) is 5.57 Å². The van der Waals surface area contributed by atoms with E-state index < -0.39 is 11.0 Å². The Bertz CT molecular complexity index is 1300. The Hall–Kier alpha value is -1.73. The summed E-state index contributed by atoms with van der Waals surface area (Å²) in [6, 6.07) is 2.33. The number of hydrogen-bond acceptors (Lipinski definition) is 6. The van der Waals surface area contributed by atoms with Crippen LogP contribution in [0.4, 0.5) is 0 Å². The maximum atomic E-state index is 11.5. The lowest BCUT2D eigenvalue weighted by atomic mass is 9.32. The highest BCUT2D eigenvalue weighted by molar-refractivity contribution is 7.80. The van der Waals surface area contributed by atoms with Gasteiger partial charge in [0.2, 0.25) is 0 Å². The van der Waals surface area contributed by atoms with Gasteiger partial charge in [0.05, 0.1) is 6.61 Å². The minimum absolute atomic E-state index is 0.00202. The molecule has 9 rings (SSSR count). The van der Waals surface area contributed by atoms with Crippen LogP contribution in [0, 0.1) is 16.7 Å². The van der Waals surface area contributed by atoms with Crippen LogP contribution in [0.2, 0.25) is 0 Å². The zero-order valence-corrected chi connectivity index (χ0v) is 22.7. The Morgan fingerprint density at radius 2 is 2.08 bits per heavy atom. The van der Waals surface area contributed by atoms with Crippen molar-refractivity contribution in [3.8, 4) is 11.5 Å². The molecule has 0 radical (unpaired) electrons. The largest absolute Gasteiger partial charge is 0.504 e. The highest BCUT2D eigenvalue weighted by Crippen LogP contribution is 2.79. The number of fused-ring (bicyclic) bond motifs is 2. The van der Waals surface area contributed by atoms with Gasteiger partial charge in [-0.15, -0.1) is 0 Å². The summed E-state index contributed by atoms with van der Waals surface area (Å²) < 4.78 is 13.4. The minimum atomic E-state index is -0.585. The molecule has 8 aliphatic rings. The molecule has 2 N–H and O–H groups in total. The van der Waals surface area contributed by atoms with Gasteiger partial charge in [0.15, 0.2) is 11.5 Å². The maximum Gasteiger partial charge on any atom is 0.165 e. The number of phenolic OH excluding ortho intramolecular Hbond substituents is 1. The fourth-order valence-corrected chi connectivity index (χ4v) is 10.5. The smallest absolute Gasteiger partial charge is 0.165 e. The van der Waals surface area contributed by atoms with Crippen molar-refractivity contribution < 1.29 is 19.7 Å². The lowest BCUT2D eigenvalue weighted by molar-refractivity contribution is -0.311. The fraction of sp³-hybridized carbons (Fsp3) is 0.645. The van der Waals surface area contributed by atoms with Crippen LogP contribution in [-0.4, -0.2) is 64.5 Å². The Labute approximate surface area is 224 Å². The van der Waals surface area contributed by atoms with Gasteiger partial charge in [-0.05, 0) is 86.3 Å². The second-order valence-electron chi connectivity index (χ2n) is 13.3. The summed E-state index contributed by atoms with van der Waals surface area (Å²) in [6.45, 7) is 4.55. The van der Waals surface area contributed by atoms with Crippen LogP contribution in [0.3, 0.4) is 0 Å². The maximum absolute atomic E-state index is 11.5. The number of thiocarbonyl (C=S) groups is 1. The number of aromatic hydroxyl groups is 1. The summed E-state index contributed by atoms with van der Waals surface area (Å²) in [5.41, 5.74) is 3.62. The molecule has 6 heteroatoms. The van der Waals surface area contributed by atoms with Gasteiger partial charge in [-0.3, -0.25) is 4.90 Å². The Morgan fingerprint density at radius 1 is 1.24 bits per heavy atom. The predicted octanol–water partition coefficient (Wildman–Crippen LogP) is 4.71. The molecule has 3 unspecified atom stereocenters. The van der Waals surface area contributed by atoms with Gasteiger partial charge < -0.3 is 19.7 Å². The molecule has 4 bridgehead atoms. The second-order valence-corrected chi connectivity index (χ2v) is 13.8. The number of piperidine rings is 1. The molecule has 5 fully saturated rings. The van der Waals surface area contributed by atoms with E-state index >= 15 is 0 Å². The first-order valence-electron chi connectivity index (χ1n) is 14.2. The molecular formula is C31H37NO4S. The molecule has 37 heavy (non-hydrogen) atoms. The van der Waals surface area contributed by atoms with Crippen molar-refractivity contribution in [3.05, 3.63) is 41.0 Å². The van der Waals surface area contributed by atoms with Crippen molar-refractivity contribution in [2.75, 3.05) is 26.8 Å². The van der Waals surface area contributed by atoms with Crippen molar-refractivity contribution in [1.29, 1.82) is 0 Å². The van der Waals surface area contributed by atoms with E-state index in [1.807, 2.05) is 13.2 Å². The molecule has 6 atom stereocenters. The normalized spacial score (nSPS) is 43.0. The van der Waals surface area contributed by atoms with Crippen LogP contribution in [-0.2, 0) is 16.6 Å². The van der Waals surface area contributed by atoms with Crippen LogP contribution in [0.5, 0.6) is 11.5 Å². The van der Waals surface area contributed by atoms with Crippen molar-refractivity contribution in [2.24, 2.45) is 16.7 Å². The van der Waals surface area contributed by atoms with Gasteiger partial charge in [-0.2, -0.15) is 0 Å². The number of aliphatic hydroxyl groups is 1. The zero-order chi connectivity index (χ0) is 25.4. The molecule has 6 aliphatic carbocycles. The topological polar surface area (TPSA) is 62.2 Å². The third kappa shape index (κ3) is 2.55. The molecular weight excluding hydrogens is 482 g/mol. The monoisotopic (exact) mass is 519 g/mol. The highest BCUT2D eigenvalue weighted by atomic mass is 32.1. The van der Waals surface area contributed by atoms with E-state index in [0.717, 1.165) is 67.0 Å². The first-order chi connectivity index (χ1) is 17.8. The van der Waals surface area contributed by atoms with Crippen molar-refractivity contribution >= 4 is 22.7 Å². The van der Waals surface area contributed by atoms with Gasteiger partial charge in [0.1, 0.15) is 11.7 Å². The van der Waals surface area contributed by atoms with Crippen LogP contribution in [0.15, 0.2) is 24.3 Å². The molecule has 1 aromatic carbocycles. The van der Waals surface area contributed by atoms with Crippen LogP contribution >= 0.6 is 12.2 Å². The van der Waals surface area contributed by atoms with Gasteiger partial charge in [0.25, 0.3) is 0 Å². The van der Waals surface area contributed by atoms with Crippen molar-refractivity contribution in [2.45, 2.75) is 81.5 Å². The molecule has 1 saturated heterocycles. The third-order valence-corrected chi connectivity index (χ3v) is 12.2. The number of nitrogens with zero attached hydrogens (tertiary/aromatic N) is 1. The molecule has 196 valence electrons. The summed E-state index contributed by atoms with van der Waals surface area (Å²) in [5.74, 6) is 1.73. The number of likely N-dealkylation sites (tertiary alicyclic amines) is 1. The summed E-state index contributed by atoms with van der Waals surface area (Å²) in [5, 5.41) is 22.4. The number of rotatable bonds is 5. The first-order valence-corrected chi connectivity index (χ1v) is 14.6. The van der Waals surface area contributed by atoms with E-state index in [0.29, 0.717) is 11.8 Å². The molecule has 2 aliphatic heterocycles. The van der Waals surface area contributed by atoms with Gasteiger partial charge >= 0.3 is 0 Å². The zero-order valence-electron chi connectivity index (χ0n) is 21.9. The van der Waals surface area contributed by atoms with E-state index in [1.54, 1.807) is 0 Å². The second kappa shape index (κ2) is 7.26. The van der Waals surface area contributed by atoms with E-state index in [2.05, 4.69) is 30.1 Å². The minimum Gasteiger partial charge on any atom is -0.504 e. The lowest BCUT2D eigenvalue weighted by Crippen LogP contribution is -2.83. The molecule has 1 aromatic rings. The number of phenols is 1. The highest BCUT2D eigenvalue weighted by Gasteiger charge is 2.83. The standard InChI is InChI=1S/C31H37NO4S/c1-28(17-33)16-29-8-9-31(28,35-2)27-30(29)10-11-32(15-18-6-7-18)24(29)14-22-21(19-4-3-5-20(37)12-19)13-23(34)26(36-27)25(22)30/h3-4,12-13,18,24,27,33-34H,5-11,14-17H2,1-2H3/t24?,27-,28?,29?,30-,31-/m0/s1. The molecule has 5 nitrogen and oxygen atoms in total. The summed E-state index contributed by atoms with van der Waals surface area (Å²) in [6.07, 6.45) is 14.6. The average molecular weight is 520 g/mol. The Balaban J connectivity index is 1.41. The van der Waals surface area contributed by atoms with E-state index in [1.165, 1.54) is 30.5 Å². The Morgan fingerprint density at radius 3 is 2.81 bits per heavy atom. The summed E-state index contributed by atoms with van der Waals surface area (Å²) in [7, 11) is 1.81. The number of aliphatic hydroxyl groups excluding tert-OH is 1. The number of methoxy groups -OCH3 is 1. The number of ether oxygens (including phenoxy) is 2. The van der Waals surface area contributed by atoms with Gasteiger partial charge in [0, 0.05) is 52.8 Å². The molecule has 0 amide bonds. The van der Waals surface area contributed by atoms with Gasteiger partial charge in [-0.1, -0.05) is 31.3 Å². The molecule has 2 heterocycles. The Kier molecular flexibility index (Phi) is 4.55. The van der Waals surface area contributed by atoms with Gasteiger partial charge in [-0.25, -0.2) is 0 Å². The summed E-state index contributed by atoms with van der Waals surface area (Å²) >= 11 is 5.60. The average Bonchev–Trinajstić information content (AvgIpc) is 3.63. The third-order valence-electron chi connectivity index (χ3n) is 11.9. The van der Waals surface area contributed by atoms with E-state index in [-0.39, 0.29) is 29.3 Å². The van der Waals surface area contributed by atoms with E-state index in [9.17, 15) is 10.2 Å². The molecule has 0 aromatic heterocycles. The molecule has 4 saturated carbocycles. The summed E-state index contributed by atoms with van der Waals surface area (Å²) in [4.78, 5) is 3.75. The molecule has 2 spiro atoms. The van der Waals surface area contributed by atoms with Crippen LogP contribution in [0.1, 0.15) is 68.6 Å². The SMILES string of the molecule is CO[C@]12CCC3(CC1(C)CO)C1Cc4c(C5=CC(=S)CC=C5)cc(O)c5c4[C@@]3(CCN1CC1CC1)[C@@H]2O5. The number of allylic oxidation sites excluding steroid dienone is 4. The van der Waals surface area contributed by atoms with Crippen molar-refractivity contribution in [3.63, 3.8) is 0 Å². The number of benzene rings is 1. The fourth-order valence-electron chi connectivity index (χ4n) is 10.3. The lowest BCUT2D eigenvalue weighted by Gasteiger charge is -2.76. The quantitative estimate of drug-likeness (QED) is 0.550.